The Hall–Kier alpha value is -2.87. The van der Waals surface area contributed by atoms with E-state index >= 15 is 0 Å². The minimum atomic E-state index is -4.43. The summed E-state index contributed by atoms with van der Waals surface area (Å²) in [6.45, 7) is 0.799. The zero-order valence-electron chi connectivity index (χ0n) is 14.7. The lowest BCUT2D eigenvalue weighted by atomic mass is 10.1. The van der Waals surface area contributed by atoms with Crippen LogP contribution in [0.4, 0.5) is 18.9 Å². The van der Waals surface area contributed by atoms with Crippen LogP contribution in [0.2, 0.25) is 0 Å². The molecule has 0 saturated heterocycles. The average Bonchev–Trinajstić information content (AvgIpc) is 2.65. The number of benzene rings is 2. The molecule has 0 saturated carbocycles. The summed E-state index contributed by atoms with van der Waals surface area (Å²) in [5.74, 6) is -0.569. The molecule has 0 atom stereocenters. The maximum atomic E-state index is 12.5. The third-order valence-electron chi connectivity index (χ3n) is 3.77. The highest BCUT2D eigenvalue weighted by molar-refractivity contribution is 5.94. The molecule has 0 aromatic heterocycles. The lowest BCUT2D eigenvalue weighted by Gasteiger charge is -2.09. The van der Waals surface area contributed by atoms with Crippen molar-refractivity contribution in [2.45, 2.75) is 19.1 Å². The lowest BCUT2D eigenvalue weighted by molar-refractivity contribution is -0.137. The van der Waals surface area contributed by atoms with Crippen LogP contribution in [0.1, 0.15) is 27.9 Å². The van der Waals surface area contributed by atoms with Crippen molar-refractivity contribution in [1.82, 2.24) is 10.6 Å². The van der Waals surface area contributed by atoms with Gasteiger partial charge in [0, 0.05) is 30.8 Å². The molecule has 27 heavy (non-hydrogen) atoms. The zero-order chi connectivity index (χ0) is 19.9. The molecule has 2 aromatic carbocycles. The van der Waals surface area contributed by atoms with E-state index in [2.05, 4.69) is 16.0 Å². The van der Waals surface area contributed by atoms with E-state index in [0.717, 1.165) is 29.8 Å². The van der Waals surface area contributed by atoms with Crippen molar-refractivity contribution in [3.63, 3.8) is 0 Å². The molecule has 5 nitrogen and oxygen atoms in total. The Kier molecular flexibility index (Phi) is 6.95. The number of nitrogens with one attached hydrogen (secondary N) is 3. The van der Waals surface area contributed by atoms with Gasteiger partial charge in [-0.25, -0.2) is 0 Å². The van der Waals surface area contributed by atoms with Crippen molar-refractivity contribution >= 4 is 17.5 Å². The Balaban J connectivity index is 1.87. The number of hydrogen-bond acceptors (Lipinski definition) is 3. The van der Waals surface area contributed by atoms with Crippen LogP contribution in [0.15, 0.2) is 48.5 Å². The first-order valence-corrected chi connectivity index (χ1v) is 8.28. The van der Waals surface area contributed by atoms with Crippen molar-refractivity contribution in [1.29, 1.82) is 0 Å². The predicted octanol–water partition coefficient (Wildman–Crippen LogP) is 3.18. The summed E-state index contributed by atoms with van der Waals surface area (Å²) in [6.07, 6.45) is -4.07. The standard InChI is InChI=1S/C19H20F3N3O2/c1-23-11-10-17(26)25-16-8-2-13(3-9-16)12-24-18(27)14-4-6-15(7-5-14)19(20,21)22/h2-9,23H,10-12H2,1H3,(H,24,27)(H,25,26). The number of halogens is 3. The van der Waals surface area contributed by atoms with E-state index in [1.54, 1.807) is 31.3 Å². The third-order valence-corrected chi connectivity index (χ3v) is 3.77. The average molecular weight is 379 g/mol. The largest absolute Gasteiger partial charge is 0.416 e. The van der Waals surface area contributed by atoms with Crippen LogP contribution in [-0.4, -0.2) is 25.4 Å². The molecule has 2 aromatic rings. The molecule has 3 N–H and O–H groups in total. The van der Waals surface area contributed by atoms with Crippen LogP contribution < -0.4 is 16.0 Å². The Morgan fingerprint density at radius 2 is 1.59 bits per heavy atom. The van der Waals surface area contributed by atoms with E-state index in [4.69, 9.17) is 0 Å². The molecule has 2 rings (SSSR count). The summed E-state index contributed by atoms with van der Waals surface area (Å²) in [6, 6.07) is 11.0. The normalized spacial score (nSPS) is 11.1. The van der Waals surface area contributed by atoms with Gasteiger partial charge in [0.1, 0.15) is 0 Å². The first-order valence-electron chi connectivity index (χ1n) is 8.28. The molecule has 0 aliphatic rings. The lowest BCUT2D eigenvalue weighted by Crippen LogP contribution is -2.23. The van der Waals surface area contributed by atoms with E-state index < -0.39 is 17.6 Å². The van der Waals surface area contributed by atoms with Crippen LogP contribution in [0.5, 0.6) is 0 Å². The second-order valence-corrected chi connectivity index (χ2v) is 5.86. The monoisotopic (exact) mass is 379 g/mol. The van der Waals surface area contributed by atoms with E-state index in [1.807, 2.05) is 0 Å². The summed E-state index contributed by atoms with van der Waals surface area (Å²) in [5, 5.41) is 8.29. The number of carbonyl (C=O) groups excluding carboxylic acids is 2. The van der Waals surface area contributed by atoms with Gasteiger partial charge in [-0.3, -0.25) is 9.59 Å². The van der Waals surface area contributed by atoms with Gasteiger partial charge in [-0.1, -0.05) is 12.1 Å². The fraction of sp³-hybridized carbons (Fsp3) is 0.263. The number of rotatable bonds is 7. The fourth-order valence-electron chi connectivity index (χ4n) is 2.26. The minimum absolute atomic E-state index is 0.104. The number of amides is 2. The van der Waals surface area contributed by atoms with E-state index in [1.165, 1.54) is 0 Å². The molecule has 0 spiro atoms. The van der Waals surface area contributed by atoms with Gasteiger partial charge < -0.3 is 16.0 Å². The van der Waals surface area contributed by atoms with Gasteiger partial charge in [-0.2, -0.15) is 13.2 Å². The first kappa shape index (κ1) is 20.4. The molecule has 0 heterocycles. The maximum absolute atomic E-state index is 12.5. The Morgan fingerprint density at radius 1 is 0.963 bits per heavy atom. The van der Waals surface area contributed by atoms with Gasteiger partial charge in [-0.05, 0) is 49.0 Å². The van der Waals surface area contributed by atoms with Crippen LogP contribution >= 0.6 is 0 Å². The molecule has 144 valence electrons. The van der Waals surface area contributed by atoms with Gasteiger partial charge >= 0.3 is 6.18 Å². The van der Waals surface area contributed by atoms with Crippen molar-refractivity contribution in [3.8, 4) is 0 Å². The Bertz CT molecular complexity index is 772. The van der Waals surface area contributed by atoms with Crippen molar-refractivity contribution < 1.29 is 22.8 Å². The first-order chi connectivity index (χ1) is 12.8. The van der Waals surface area contributed by atoms with Gasteiger partial charge in [0.2, 0.25) is 5.91 Å². The van der Waals surface area contributed by atoms with Crippen molar-refractivity contribution in [2.75, 3.05) is 18.9 Å². The highest BCUT2D eigenvalue weighted by Crippen LogP contribution is 2.29. The summed E-state index contributed by atoms with van der Waals surface area (Å²) in [5.41, 5.74) is 0.792. The molecular weight excluding hydrogens is 359 g/mol. The molecule has 0 bridgehead atoms. The van der Waals surface area contributed by atoms with Crippen molar-refractivity contribution in [2.24, 2.45) is 0 Å². The topological polar surface area (TPSA) is 70.2 Å². The smallest absolute Gasteiger partial charge is 0.348 e. The minimum Gasteiger partial charge on any atom is -0.348 e. The second-order valence-electron chi connectivity index (χ2n) is 5.86. The van der Waals surface area contributed by atoms with Crippen molar-refractivity contribution in [3.05, 3.63) is 65.2 Å². The van der Waals surface area contributed by atoms with Gasteiger partial charge in [0.05, 0.1) is 5.56 Å². The molecule has 0 aliphatic carbocycles. The van der Waals surface area contributed by atoms with Gasteiger partial charge in [-0.15, -0.1) is 0 Å². The maximum Gasteiger partial charge on any atom is 0.416 e. The molecular formula is C19H20F3N3O2. The number of alkyl halides is 3. The Morgan fingerprint density at radius 3 is 2.15 bits per heavy atom. The number of hydrogen-bond donors (Lipinski definition) is 3. The molecule has 0 radical (unpaired) electrons. The molecule has 0 aliphatic heterocycles. The summed E-state index contributed by atoms with van der Waals surface area (Å²) in [7, 11) is 1.76. The van der Waals surface area contributed by atoms with E-state index in [9.17, 15) is 22.8 Å². The number of anilines is 1. The fourth-order valence-corrected chi connectivity index (χ4v) is 2.26. The van der Waals surface area contributed by atoms with Crippen LogP contribution in [0, 0.1) is 0 Å². The molecule has 8 heteroatoms. The third kappa shape index (κ3) is 6.41. The molecule has 0 unspecified atom stereocenters. The van der Waals surface area contributed by atoms with E-state index in [-0.39, 0.29) is 18.0 Å². The molecule has 0 fully saturated rings. The van der Waals surface area contributed by atoms with Gasteiger partial charge in [0.25, 0.3) is 5.91 Å². The van der Waals surface area contributed by atoms with Crippen LogP contribution in [0.25, 0.3) is 0 Å². The van der Waals surface area contributed by atoms with E-state index in [0.29, 0.717) is 18.7 Å². The van der Waals surface area contributed by atoms with Crippen LogP contribution in [0.3, 0.4) is 0 Å². The second kappa shape index (κ2) is 9.18. The highest BCUT2D eigenvalue weighted by Gasteiger charge is 2.30. The predicted molar refractivity (Wildman–Crippen MR) is 96.2 cm³/mol. The highest BCUT2D eigenvalue weighted by atomic mass is 19.4. The summed E-state index contributed by atoms with van der Waals surface area (Å²) < 4.78 is 37.6. The zero-order valence-corrected chi connectivity index (χ0v) is 14.7. The number of carbonyl (C=O) groups is 2. The quantitative estimate of drug-likeness (QED) is 0.692. The van der Waals surface area contributed by atoms with Crippen LogP contribution in [-0.2, 0) is 17.5 Å². The SMILES string of the molecule is CNCCC(=O)Nc1ccc(CNC(=O)c2ccc(C(F)(F)F)cc2)cc1. The Labute approximate surface area is 155 Å². The van der Waals surface area contributed by atoms with Gasteiger partial charge in [0.15, 0.2) is 0 Å². The summed E-state index contributed by atoms with van der Waals surface area (Å²) in [4.78, 5) is 23.7. The summed E-state index contributed by atoms with van der Waals surface area (Å²) >= 11 is 0. The molecule has 2 amide bonds.